The molecule has 0 bridgehead atoms. The molecule has 0 spiro atoms. The Hall–Kier alpha value is -1.46. The monoisotopic (exact) mass is 293 g/mol. The quantitative estimate of drug-likeness (QED) is 0.877. The summed E-state index contributed by atoms with van der Waals surface area (Å²) in [4.78, 5) is 1.30. The lowest BCUT2D eigenvalue weighted by Crippen LogP contribution is -2.13. The second-order valence-corrected chi connectivity index (χ2v) is 6.72. The third-order valence-electron chi connectivity index (χ3n) is 2.62. The van der Waals surface area contributed by atoms with Gasteiger partial charge in [-0.1, -0.05) is 18.2 Å². The molecule has 1 N–H and O–H groups in total. The van der Waals surface area contributed by atoms with Crippen molar-refractivity contribution in [3.05, 3.63) is 54.1 Å². The lowest BCUT2D eigenvalue weighted by Gasteiger charge is -2.09. The van der Waals surface area contributed by atoms with E-state index >= 15 is 0 Å². The van der Waals surface area contributed by atoms with Gasteiger partial charge in [0, 0.05) is 10.6 Å². The van der Waals surface area contributed by atoms with E-state index in [4.69, 9.17) is 0 Å². The molecule has 0 aliphatic rings. The zero-order valence-corrected chi connectivity index (χ0v) is 12.4. The van der Waals surface area contributed by atoms with Gasteiger partial charge in [0.1, 0.15) is 0 Å². The molecule has 0 aliphatic heterocycles. The maximum atomic E-state index is 12.2. The standard InChI is InChI=1S/C14H15NO2S2/c1-11-5-3-8-14(9-11)19(16,17)15-12-6-4-7-13(10-12)18-2/h3-10,15H,1-2H3. The number of nitrogens with one attached hydrogen (secondary N) is 1. The number of hydrogen-bond donors (Lipinski definition) is 1. The van der Waals surface area contributed by atoms with Crippen LogP contribution >= 0.6 is 11.8 Å². The van der Waals surface area contributed by atoms with E-state index in [9.17, 15) is 8.42 Å². The van der Waals surface area contributed by atoms with Crippen LogP contribution in [0.5, 0.6) is 0 Å². The van der Waals surface area contributed by atoms with E-state index in [0.29, 0.717) is 5.69 Å². The van der Waals surface area contributed by atoms with Crippen LogP contribution in [0.1, 0.15) is 5.56 Å². The third kappa shape index (κ3) is 3.52. The van der Waals surface area contributed by atoms with Crippen LogP contribution in [0.4, 0.5) is 5.69 Å². The van der Waals surface area contributed by atoms with E-state index in [0.717, 1.165) is 10.5 Å². The van der Waals surface area contributed by atoms with E-state index in [2.05, 4.69) is 4.72 Å². The Morgan fingerprint density at radius 2 is 1.79 bits per heavy atom. The molecule has 19 heavy (non-hydrogen) atoms. The Morgan fingerprint density at radius 3 is 2.47 bits per heavy atom. The Balaban J connectivity index is 2.31. The minimum atomic E-state index is -3.52. The second kappa shape index (κ2) is 5.67. The summed E-state index contributed by atoms with van der Waals surface area (Å²) < 4.78 is 27.1. The van der Waals surface area contributed by atoms with Gasteiger partial charge in [0.05, 0.1) is 4.90 Å². The first-order valence-corrected chi connectivity index (χ1v) is 8.45. The fourth-order valence-electron chi connectivity index (χ4n) is 1.68. The number of aryl methyl sites for hydroxylation is 1. The van der Waals surface area contributed by atoms with Crippen molar-refractivity contribution in [1.82, 2.24) is 0 Å². The minimum absolute atomic E-state index is 0.280. The van der Waals surface area contributed by atoms with Crippen LogP contribution in [0.3, 0.4) is 0 Å². The molecule has 0 heterocycles. The van der Waals surface area contributed by atoms with Crippen molar-refractivity contribution in [2.24, 2.45) is 0 Å². The molecule has 0 fully saturated rings. The topological polar surface area (TPSA) is 46.2 Å². The number of thioether (sulfide) groups is 1. The van der Waals surface area contributed by atoms with Crippen molar-refractivity contribution in [2.75, 3.05) is 11.0 Å². The highest BCUT2D eigenvalue weighted by Crippen LogP contribution is 2.22. The summed E-state index contributed by atoms with van der Waals surface area (Å²) in [5.41, 5.74) is 1.49. The van der Waals surface area contributed by atoms with E-state index < -0.39 is 10.0 Å². The van der Waals surface area contributed by atoms with Gasteiger partial charge in [-0.25, -0.2) is 8.42 Å². The van der Waals surface area contributed by atoms with Crippen LogP contribution in [-0.2, 0) is 10.0 Å². The predicted octanol–water partition coefficient (Wildman–Crippen LogP) is 3.52. The van der Waals surface area contributed by atoms with Crippen molar-refractivity contribution < 1.29 is 8.42 Å². The molecule has 3 nitrogen and oxygen atoms in total. The molecular weight excluding hydrogens is 278 g/mol. The summed E-state index contributed by atoms with van der Waals surface area (Å²) in [5, 5.41) is 0. The highest BCUT2D eigenvalue weighted by atomic mass is 32.2. The first kappa shape index (κ1) is 14.0. The predicted molar refractivity (Wildman–Crippen MR) is 80.2 cm³/mol. The molecule has 0 aromatic heterocycles. The lowest BCUT2D eigenvalue weighted by atomic mass is 10.2. The van der Waals surface area contributed by atoms with Crippen molar-refractivity contribution >= 4 is 27.5 Å². The fourth-order valence-corrected chi connectivity index (χ4v) is 3.30. The van der Waals surface area contributed by atoms with Gasteiger partial charge < -0.3 is 0 Å². The van der Waals surface area contributed by atoms with E-state index in [1.54, 1.807) is 36.0 Å². The minimum Gasteiger partial charge on any atom is -0.280 e. The summed E-state index contributed by atoms with van der Waals surface area (Å²) in [5.74, 6) is 0. The largest absolute Gasteiger partial charge is 0.280 e. The smallest absolute Gasteiger partial charge is 0.261 e. The first-order valence-electron chi connectivity index (χ1n) is 5.75. The van der Waals surface area contributed by atoms with Gasteiger partial charge in [0.2, 0.25) is 0 Å². The number of benzene rings is 2. The number of anilines is 1. The summed E-state index contributed by atoms with van der Waals surface area (Å²) in [6.07, 6.45) is 1.95. The number of hydrogen-bond acceptors (Lipinski definition) is 3. The van der Waals surface area contributed by atoms with Crippen LogP contribution in [-0.4, -0.2) is 14.7 Å². The van der Waals surface area contributed by atoms with Gasteiger partial charge in [-0.15, -0.1) is 11.8 Å². The number of sulfonamides is 1. The molecule has 0 unspecified atom stereocenters. The zero-order valence-electron chi connectivity index (χ0n) is 10.8. The molecule has 0 saturated carbocycles. The Labute approximate surface area is 118 Å². The molecular formula is C14H15NO2S2. The average molecular weight is 293 g/mol. The molecule has 2 aromatic carbocycles. The summed E-state index contributed by atoms with van der Waals surface area (Å²) in [6.45, 7) is 1.87. The van der Waals surface area contributed by atoms with Gasteiger partial charge >= 0.3 is 0 Å². The molecule has 2 aromatic rings. The molecule has 0 amide bonds. The van der Waals surface area contributed by atoms with Crippen molar-refractivity contribution in [3.8, 4) is 0 Å². The highest BCUT2D eigenvalue weighted by Gasteiger charge is 2.14. The van der Waals surface area contributed by atoms with Crippen molar-refractivity contribution in [2.45, 2.75) is 16.7 Å². The van der Waals surface area contributed by atoms with Gasteiger partial charge in [-0.05, 0) is 49.1 Å². The Kier molecular flexibility index (Phi) is 4.17. The normalized spacial score (nSPS) is 11.3. The third-order valence-corrected chi connectivity index (χ3v) is 4.73. The average Bonchev–Trinajstić information content (AvgIpc) is 2.38. The Bertz CT molecular complexity index is 681. The van der Waals surface area contributed by atoms with Gasteiger partial charge in [0.25, 0.3) is 10.0 Å². The van der Waals surface area contributed by atoms with Crippen LogP contribution in [0.15, 0.2) is 58.3 Å². The molecule has 2 rings (SSSR count). The van der Waals surface area contributed by atoms with E-state index in [-0.39, 0.29) is 4.90 Å². The fraction of sp³-hybridized carbons (Fsp3) is 0.143. The zero-order chi connectivity index (χ0) is 13.9. The van der Waals surface area contributed by atoms with Crippen LogP contribution in [0, 0.1) is 6.92 Å². The van der Waals surface area contributed by atoms with Crippen LogP contribution in [0.25, 0.3) is 0 Å². The summed E-state index contributed by atoms with van der Waals surface area (Å²) >= 11 is 1.57. The molecule has 100 valence electrons. The van der Waals surface area contributed by atoms with E-state index in [1.807, 2.05) is 37.4 Å². The van der Waals surface area contributed by atoms with Crippen molar-refractivity contribution in [3.63, 3.8) is 0 Å². The van der Waals surface area contributed by atoms with Crippen LogP contribution in [0.2, 0.25) is 0 Å². The molecule has 5 heteroatoms. The van der Waals surface area contributed by atoms with E-state index in [1.165, 1.54) is 0 Å². The lowest BCUT2D eigenvalue weighted by molar-refractivity contribution is 0.601. The van der Waals surface area contributed by atoms with Crippen molar-refractivity contribution in [1.29, 1.82) is 0 Å². The van der Waals surface area contributed by atoms with Crippen LogP contribution < -0.4 is 4.72 Å². The van der Waals surface area contributed by atoms with Gasteiger partial charge in [-0.2, -0.15) is 0 Å². The second-order valence-electron chi connectivity index (χ2n) is 4.15. The summed E-state index contributed by atoms with van der Waals surface area (Å²) in [7, 11) is -3.52. The maximum absolute atomic E-state index is 12.2. The van der Waals surface area contributed by atoms with Gasteiger partial charge in [0.15, 0.2) is 0 Å². The highest BCUT2D eigenvalue weighted by molar-refractivity contribution is 7.98. The molecule has 0 saturated heterocycles. The molecule has 0 atom stereocenters. The van der Waals surface area contributed by atoms with Gasteiger partial charge in [-0.3, -0.25) is 4.72 Å². The Morgan fingerprint density at radius 1 is 1.05 bits per heavy atom. The SMILES string of the molecule is CSc1cccc(NS(=O)(=O)c2cccc(C)c2)c1. The molecule has 0 radical (unpaired) electrons. The summed E-state index contributed by atoms with van der Waals surface area (Å²) in [6, 6.07) is 14.2. The maximum Gasteiger partial charge on any atom is 0.261 e. The molecule has 0 aliphatic carbocycles. The first-order chi connectivity index (χ1) is 9.01. The number of rotatable bonds is 4.